The van der Waals surface area contributed by atoms with Crippen LogP contribution in [0.5, 0.6) is 0 Å². The second-order valence-electron chi connectivity index (χ2n) is 11.9. The van der Waals surface area contributed by atoms with Gasteiger partial charge in [0.2, 0.25) is 0 Å². The molecular weight excluding hydrogens is 675 g/mol. The number of benzene rings is 2. The fourth-order valence-electron chi connectivity index (χ4n) is 4.90. The molecule has 0 saturated heterocycles. The van der Waals surface area contributed by atoms with Crippen LogP contribution < -0.4 is 0 Å². The van der Waals surface area contributed by atoms with Gasteiger partial charge in [0.05, 0.1) is 0 Å². The molecule has 0 spiro atoms. The molecule has 0 aliphatic heterocycles. The Balaban J connectivity index is -0.000000182. The Morgan fingerprint density at radius 3 is 1.02 bits per heavy atom. The van der Waals surface area contributed by atoms with Gasteiger partial charge >= 0.3 is 52.4 Å². The van der Waals surface area contributed by atoms with Gasteiger partial charge in [-0.3, -0.25) is 0 Å². The van der Waals surface area contributed by atoms with Crippen molar-refractivity contribution in [1.82, 2.24) is 0 Å². The number of hydrogen-bond donors (Lipinski definition) is 0. The van der Waals surface area contributed by atoms with Gasteiger partial charge in [-0.2, -0.15) is 26.0 Å². The van der Waals surface area contributed by atoms with Crippen molar-refractivity contribution in [1.29, 1.82) is 0 Å². The van der Waals surface area contributed by atoms with E-state index in [1.807, 2.05) is 20.3 Å². The molecule has 4 aromatic carbocycles. The molecule has 0 unspecified atom stereocenters. The van der Waals surface area contributed by atoms with Gasteiger partial charge in [-0.15, -0.1) is 56.9 Å². The van der Waals surface area contributed by atoms with Crippen molar-refractivity contribution in [2.75, 3.05) is 0 Å². The summed E-state index contributed by atoms with van der Waals surface area (Å²) in [4.78, 5) is 0. The molecule has 43 heavy (non-hydrogen) atoms. The average molecular weight is 740 g/mol. The van der Waals surface area contributed by atoms with Crippen LogP contribution in [-0.2, 0) is 65.2 Å². The van der Waals surface area contributed by atoms with E-state index in [0.29, 0.717) is 23.7 Å². The number of hydrogen-bond acceptors (Lipinski definition) is 0. The Morgan fingerprint density at radius 1 is 0.535 bits per heavy atom. The summed E-state index contributed by atoms with van der Waals surface area (Å²) in [6.07, 6.45) is 4.26. The number of aryl methyl sites for hydroxylation is 2. The van der Waals surface area contributed by atoms with E-state index < -0.39 is 0 Å². The first-order valence-electron chi connectivity index (χ1n) is 14.7. The van der Waals surface area contributed by atoms with E-state index in [1.165, 1.54) is 54.9 Å². The van der Waals surface area contributed by atoms with Crippen LogP contribution >= 0.6 is 0 Å². The fraction of sp³-hybridized carbons (Fsp3) is 0.439. The van der Waals surface area contributed by atoms with Crippen LogP contribution in [0.4, 0.5) is 0 Å². The summed E-state index contributed by atoms with van der Waals surface area (Å²) in [5, 5.41) is 5.77. The summed E-state index contributed by atoms with van der Waals surface area (Å²) >= 11 is 0. The van der Waals surface area contributed by atoms with Gasteiger partial charge in [0, 0.05) is 0 Å². The van der Waals surface area contributed by atoms with E-state index in [2.05, 4.69) is 118 Å². The first-order valence-corrected chi connectivity index (χ1v) is 14.7. The SMILES string of the molecule is CCc1cc2c(C(C)C)cc(C(C)C)cc2[cH-]1.CCc1cc2c(C(C)C)cc(C(C)C)cc2[cH-]1.C[CH-]C.[CH3-].[CH3-].[CH3-].[CH3-].[Zr+3].[Zr+4]. The molecule has 0 atom stereocenters. The summed E-state index contributed by atoms with van der Waals surface area (Å²) in [7, 11) is 0. The van der Waals surface area contributed by atoms with Crippen LogP contribution in [0.1, 0.15) is 140 Å². The van der Waals surface area contributed by atoms with E-state index in [0.717, 1.165) is 12.8 Å². The standard InChI is InChI=1S/2C17H23.C3H7.4CH3.2Zr/c2*1-6-13-7-15-9-14(11(2)3)10-16(12(4)5)17(15)8-13;1-3-2;;;;;;/h2*7-12H,6H2,1-5H3;3H,1-2H3;4*1H3;;/q7*-1;+3;+4. The van der Waals surface area contributed by atoms with E-state index in [9.17, 15) is 0 Å². The predicted octanol–water partition coefficient (Wildman–Crippen LogP) is 13.8. The molecule has 0 nitrogen and oxygen atoms in total. The first-order chi connectivity index (χ1) is 17.5. The molecule has 0 heterocycles. The summed E-state index contributed by atoms with van der Waals surface area (Å²) < 4.78 is 0. The van der Waals surface area contributed by atoms with Crippen molar-refractivity contribution in [2.45, 2.75) is 120 Å². The van der Waals surface area contributed by atoms with E-state index in [1.54, 1.807) is 0 Å². The molecule has 0 saturated carbocycles. The topological polar surface area (TPSA) is 0 Å². The van der Waals surface area contributed by atoms with Crippen LogP contribution in [0.15, 0.2) is 48.5 Å². The molecule has 0 aliphatic rings. The molecule has 4 aromatic rings. The van der Waals surface area contributed by atoms with Gasteiger partial charge < -0.3 is 36.1 Å². The Bertz CT molecular complexity index is 1150. The maximum Gasteiger partial charge on any atom is 4.00 e. The fourth-order valence-corrected chi connectivity index (χ4v) is 4.90. The molecule has 237 valence electrons. The third-order valence-corrected chi connectivity index (χ3v) is 7.27. The van der Waals surface area contributed by atoms with Crippen LogP contribution in [0.3, 0.4) is 0 Å². The minimum absolute atomic E-state index is 0. The van der Waals surface area contributed by atoms with Crippen molar-refractivity contribution >= 4 is 21.5 Å². The molecule has 0 amide bonds. The van der Waals surface area contributed by atoms with Gasteiger partial charge in [0.25, 0.3) is 0 Å². The third-order valence-electron chi connectivity index (χ3n) is 7.27. The van der Waals surface area contributed by atoms with Gasteiger partial charge in [-0.25, -0.2) is 0 Å². The van der Waals surface area contributed by atoms with Gasteiger partial charge in [0.15, 0.2) is 0 Å². The zero-order valence-electron chi connectivity index (χ0n) is 30.9. The predicted molar refractivity (Wildman–Crippen MR) is 195 cm³/mol. The molecule has 2 heteroatoms. The largest absolute Gasteiger partial charge is 4.00 e. The Labute approximate surface area is 309 Å². The molecule has 0 aromatic heterocycles. The maximum atomic E-state index is 2.40. The maximum absolute atomic E-state index is 2.40. The third kappa shape index (κ3) is 14.2. The summed E-state index contributed by atoms with van der Waals surface area (Å²) in [5.41, 5.74) is 8.87. The van der Waals surface area contributed by atoms with Crippen LogP contribution in [0.25, 0.3) is 21.5 Å². The van der Waals surface area contributed by atoms with E-state index in [-0.39, 0.29) is 82.1 Å². The van der Waals surface area contributed by atoms with E-state index in [4.69, 9.17) is 0 Å². The van der Waals surface area contributed by atoms with Gasteiger partial charge in [-0.1, -0.05) is 104 Å². The average Bonchev–Trinajstić information content (AvgIpc) is 3.46. The Kier molecular flexibility index (Phi) is 29.8. The second-order valence-corrected chi connectivity index (χ2v) is 11.9. The number of fused-ring (bicyclic) bond motifs is 2. The quantitative estimate of drug-likeness (QED) is 0.173. The molecule has 0 aliphatic carbocycles. The molecular formula is C41H65Zr2. The van der Waals surface area contributed by atoms with Crippen molar-refractivity contribution < 1.29 is 52.4 Å². The summed E-state index contributed by atoms with van der Waals surface area (Å²) in [5.74, 6) is 2.42. The smallest absolute Gasteiger partial charge is 0.358 e. The molecule has 0 fully saturated rings. The normalized spacial score (nSPS) is 9.86. The monoisotopic (exact) mass is 737 g/mol. The van der Waals surface area contributed by atoms with Gasteiger partial charge in [0.1, 0.15) is 0 Å². The Hall–Kier alpha value is -0.574. The van der Waals surface area contributed by atoms with Crippen LogP contribution in [0.2, 0.25) is 0 Å². The number of rotatable bonds is 6. The van der Waals surface area contributed by atoms with Crippen molar-refractivity contribution in [3.8, 4) is 0 Å². The molecule has 1 radical (unpaired) electrons. The first kappa shape index (κ1) is 52.0. The molecule has 0 bridgehead atoms. The van der Waals surface area contributed by atoms with Crippen LogP contribution in [0, 0.1) is 36.1 Å². The zero-order valence-corrected chi connectivity index (χ0v) is 35.8. The van der Waals surface area contributed by atoms with Crippen molar-refractivity contribution in [3.63, 3.8) is 0 Å². The molecule has 0 N–H and O–H groups in total. The molecule has 4 rings (SSSR count). The Morgan fingerprint density at radius 2 is 0.814 bits per heavy atom. The van der Waals surface area contributed by atoms with E-state index >= 15 is 0 Å². The minimum atomic E-state index is 0. The van der Waals surface area contributed by atoms with Crippen LogP contribution in [-0.4, -0.2) is 0 Å². The zero-order chi connectivity index (χ0) is 27.9. The summed E-state index contributed by atoms with van der Waals surface area (Å²) in [6, 6.07) is 19.0. The second kappa shape index (κ2) is 24.6. The van der Waals surface area contributed by atoms with Crippen molar-refractivity contribution in [3.05, 3.63) is 118 Å². The minimum Gasteiger partial charge on any atom is -0.358 e. The summed E-state index contributed by atoms with van der Waals surface area (Å²) in [6.45, 7) is 26.7. The van der Waals surface area contributed by atoms with Crippen molar-refractivity contribution in [2.24, 2.45) is 0 Å². The van der Waals surface area contributed by atoms with Gasteiger partial charge in [-0.05, 0) is 36.5 Å².